The molecule has 4 rings (SSSR count). The maximum atomic E-state index is 10.6. The van der Waals surface area contributed by atoms with Crippen LogP contribution in [0.5, 0.6) is 11.5 Å². The van der Waals surface area contributed by atoms with E-state index >= 15 is 0 Å². The predicted octanol–water partition coefficient (Wildman–Crippen LogP) is 3.25. The van der Waals surface area contributed by atoms with Crippen LogP contribution in [0.2, 0.25) is 0 Å². The van der Waals surface area contributed by atoms with Gasteiger partial charge in [-0.3, -0.25) is 0 Å². The van der Waals surface area contributed by atoms with Crippen molar-refractivity contribution in [3.05, 3.63) is 39.8 Å². The molecule has 0 unspecified atom stereocenters. The zero-order valence-corrected chi connectivity index (χ0v) is 17.0. The number of hydrogen-bond donors (Lipinski definition) is 2. The molecule has 0 bridgehead atoms. The summed E-state index contributed by atoms with van der Waals surface area (Å²) >= 11 is 1.53. The highest BCUT2D eigenvalue weighted by molar-refractivity contribution is 7.09. The van der Waals surface area contributed by atoms with Crippen molar-refractivity contribution in [2.24, 2.45) is 11.8 Å². The molecule has 28 heavy (non-hydrogen) atoms. The molecular weight excluding hydrogens is 378 g/mol. The first-order valence-corrected chi connectivity index (χ1v) is 10.6. The molecule has 1 aromatic carbocycles. The molecule has 6 nitrogen and oxygen atoms in total. The number of aliphatic hydroxyl groups excluding tert-OH is 2. The molecule has 1 aliphatic carbocycles. The molecule has 1 aromatic heterocycles. The summed E-state index contributed by atoms with van der Waals surface area (Å²) in [6.45, 7) is 2.42. The third kappa shape index (κ3) is 3.89. The van der Waals surface area contributed by atoms with Crippen LogP contribution in [0, 0.1) is 18.8 Å². The van der Waals surface area contributed by atoms with E-state index in [1.165, 1.54) is 11.3 Å². The molecule has 7 heteroatoms. The molecular formula is C21H27NO5S. The molecule has 2 aromatic rings. The van der Waals surface area contributed by atoms with Gasteiger partial charge in [0.15, 0.2) is 0 Å². The van der Waals surface area contributed by atoms with Crippen LogP contribution < -0.4 is 9.47 Å². The van der Waals surface area contributed by atoms with Crippen molar-refractivity contribution < 1.29 is 24.4 Å². The molecule has 152 valence electrons. The molecule has 2 heterocycles. The Morgan fingerprint density at radius 2 is 2.18 bits per heavy atom. The second-order valence-electron chi connectivity index (χ2n) is 7.65. The molecule has 2 aliphatic rings. The lowest BCUT2D eigenvalue weighted by Crippen LogP contribution is -2.33. The average molecular weight is 406 g/mol. The van der Waals surface area contributed by atoms with Crippen molar-refractivity contribution >= 4 is 11.3 Å². The number of rotatable bonds is 6. The van der Waals surface area contributed by atoms with Crippen molar-refractivity contribution in [1.82, 2.24) is 4.98 Å². The van der Waals surface area contributed by atoms with E-state index in [1.807, 2.05) is 30.5 Å². The second-order valence-corrected chi connectivity index (χ2v) is 8.54. The number of fused-ring (bicyclic) bond motifs is 1. The Bertz CT molecular complexity index is 810. The number of aryl methyl sites for hydroxylation is 1. The Hall–Kier alpha value is -1.67. The summed E-state index contributed by atoms with van der Waals surface area (Å²) in [5, 5.41) is 22.6. The van der Waals surface area contributed by atoms with E-state index in [9.17, 15) is 10.2 Å². The van der Waals surface area contributed by atoms with Crippen LogP contribution in [0.25, 0.3) is 0 Å². The van der Waals surface area contributed by atoms with Crippen molar-refractivity contribution in [3.8, 4) is 11.5 Å². The van der Waals surface area contributed by atoms with E-state index in [0.29, 0.717) is 18.7 Å². The fraction of sp³-hybridized carbons (Fsp3) is 0.571. The number of ether oxygens (including phenoxy) is 3. The lowest BCUT2D eigenvalue weighted by Gasteiger charge is -2.33. The Balaban J connectivity index is 1.38. The summed E-state index contributed by atoms with van der Waals surface area (Å²) in [6.07, 6.45) is 2.04. The molecule has 0 radical (unpaired) electrons. The molecule has 0 spiro atoms. The number of methoxy groups -OCH3 is 1. The van der Waals surface area contributed by atoms with Gasteiger partial charge in [0.05, 0.1) is 38.2 Å². The topological polar surface area (TPSA) is 81.0 Å². The van der Waals surface area contributed by atoms with Crippen molar-refractivity contribution in [1.29, 1.82) is 0 Å². The van der Waals surface area contributed by atoms with E-state index in [1.54, 1.807) is 7.11 Å². The van der Waals surface area contributed by atoms with E-state index in [-0.39, 0.29) is 30.7 Å². The summed E-state index contributed by atoms with van der Waals surface area (Å²) in [7, 11) is 1.65. The second kappa shape index (κ2) is 8.37. The molecule has 0 amide bonds. The molecule has 1 saturated heterocycles. The Morgan fingerprint density at radius 3 is 2.93 bits per heavy atom. The van der Waals surface area contributed by atoms with E-state index in [4.69, 9.17) is 14.2 Å². The highest BCUT2D eigenvalue weighted by atomic mass is 32.1. The van der Waals surface area contributed by atoms with Gasteiger partial charge in [0, 0.05) is 23.8 Å². The summed E-state index contributed by atoms with van der Waals surface area (Å²) in [5.41, 5.74) is 1.76. The number of aliphatic hydroxyl groups is 2. The quantitative estimate of drug-likeness (QED) is 0.768. The van der Waals surface area contributed by atoms with Gasteiger partial charge in [-0.2, -0.15) is 0 Å². The van der Waals surface area contributed by atoms with E-state index in [0.717, 1.165) is 34.9 Å². The first-order valence-electron chi connectivity index (χ1n) is 9.75. The minimum absolute atomic E-state index is 0.0244. The summed E-state index contributed by atoms with van der Waals surface area (Å²) in [4.78, 5) is 4.45. The van der Waals surface area contributed by atoms with E-state index < -0.39 is 6.10 Å². The van der Waals surface area contributed by atoms with Crippen LogP contribution >= 0.6 is 11.3 Å². The van der Waals surface area contributed by atoms with Gasteiger partial charge in [0.1, 0.15) is 22.6 Å². The van der Waals surface area contributed by atoms with Gasteiger partial charge in [0.2, 0.25) is 0 Å². The van der Waals surface area contributed by atoms with Crippen molar-refractivity contribution in [2.75, 3.05) is 13.7 Å². The van der Waals surface area contributed by atoms with Gasteiger partial charge in [0.25, 0.3) is 0 Å². The summed E-state index contributed by atoms with van der Waals surface area (Å²) in [5.74, 6) is 1.90. The minimum Gasteiger partial charge on any atom is -0.496 e. The standard InChI is InChI=1S/C21H27NO5S/c1-12-3-4-14(7-19(12)25-2)26-10-16-15-5-6-18(27-20(15)8-17(16)24)21-22-13(9-23)11-28-21/h3-4,7,11,15-18,20,23-24H,5-6,8-10H2,1-2H3/t15-,16-,17+,18-,20+/m1/s1. The first-order chi connectivity index (χ1) is 13.6. The third-order valence-electron chi connectivity index (χ3n) is 5.93. The fourth-order valence-corrected chi connectivity index (χ4v) is 5.25. The van der Waals surface area contributed by atoms with E-state index in [2.05, 4.69) is 4.98 Å². The normalized spacial score (nSPS) is 29.5. The fourth-order valence-electron chi connectivity index (χ4n) is 4.37. The average Bonchev–Trinajstić information content (AvgIpc) is 3.30. The lowest BCUT2D eigenvalue weighted by molar-refractivity contribution is -0.0812. The van der Waals surface area contributed by atoms with Crippen LogP contribution in [0.4, 0.5) is 0 Å². The van der Waals surface area contributed by atoms with Crippen LogP contribution in [-0.4, -0.2) is 41.1 Å². The monoisotopic (exact) mass is 405 g/mol. The molecule has 1 saturated carbocycles. The van der Waals surface area contributed by atoms with Crippen LogP contribution in [0.15, 0.2) is 23.6 Å². The lowest BCUT2D eigenvalue weighted by atomic mass is 9.87. The highest BCUT2D eigenvalue weighted by Crippen LogP contribution is 2.46. The predicted molar refractivity (Wildman–Crippen MR) is 106 cm³/mol. The summed E-state index contributed by atoms with van der Waals surface area (Å²) < 4.78 is 17.7. The Labute approximate surface area is 169 Å². The third-order valence-corrected chi connectivity index (χ3v) is 6.91. The van der Waals surface area contributed by atoms with Gasteiger partial charge in [-0.05, 0) is 37.3 Å². The largest absolute Gasteiger partial charge is 0.496 e. The Morgan fingerprint density at radius 1 is 1.32 bits per heavy atom. The maximum absolute atomic E-state index is 10.6. The van der Waals surface area contributed by atoms with Gasteiger partial charge in [-0.25, -0.2) is 4.98 Å². The van der Waals surface area contributed by atoms with Crippen molar-refractivity contribution in [2.45, 2.75) is 51.1 Å². The van der Waals surface area contributed by atoms with Gasteiger partial charge in [-0.1, -0.05) is 6.07 Å². The summed E-state index contributed by atoms with van der Waals surface area (Å²) in [6, 6.07) is 5.80. The van der Waals surface area contributed by atoms with Gasteiger partial charge >= 0.3 is 0 Å². The van der Waals surface area contributed by atoms with Crippen LogP contribution in [0.1, 0.15) is 41.6 Å². The molecule has 5 atom stereocenters. The maximum Gasteiger partial charge on any atom is 0.125 e. The molecule has 2 fully saturated rings. The first kappa shape index (κ1) is 19.6. The number of benzene rings is 1. The Kier molecular flexibility index (Phi) is 5.87. The number of nitrogens with zero attached hydrogens (tertiary/aromatic N) is 1. The smallest absolute Gasteiger partial charge is 0.125 e. The SMILES string of the molecule is COc1cc(OC[C@@H]2[C@H]3CC[C@H](c4nc(CO)cs4)O[C@H]3C[C@@H]2O)ccc1C. The zero-order valence-electron chi connectivity index (χ0n) is 16.2. The number of aromatic nitrogens is 1. The van der Waals surface area contributed by atoms with Crippen molar-refractivity contribution in [3.63, 3.8) is 0 Å². The highest BCUT2D eigenvalue weighted by Gasteiger charge is 2.47. The minimum atomic E-state index is -0.426. The molecule has 1 aliphatic heterocycles. The molecule has 2 N–H and O–H groups in total. The van der Waals surface area contributed by atoms with Gasteiger partial charge < -0.3 is 24.4 Å². The number of hydrogen-bond acceptors (Lipinski definition) is 7. The van der Waals surface area contributed by atoms with Crippen LogP contribution in [0.3, 0.4) is 0 Å². The van der Waals surface area contributed by atoms with Crippen LogP contribution in [-0.2, 0) is 11.3 Å². The zero-order chi connectivity index (χ0) is 19.7. The number of thiazole rings is 1. The van der Waals surface area contributed by atoms with Gasteiger partial charge in [-0.15, -0.1) is 11.3 Å².